The molecule has 1 unspecified atom stereocenters. The fraction of sp³-hybridized carbons (Fsp3) is 0.571. The van der Waals surface area contributed by atoms with Gasteiger partial charge >= 0.3 is 0 Å². The van der Waals surface area contributed by atoms with Crippen molar-refractivity contribution >= 4 is 5.96 Å². The molecule has 6 nitrogen and oxygen atoms in total. The summed E-state index contributed by atoms with van der Waals surface area (Å²) >= 11 is 0. The van der Waals surface area contributed by atoms with Gasteiger partial charge in [-0.15, -0.1) is 0 Å². The number of hydrogen-bond donors (Lipinski definition) is 1. The van der Waals surface area contributed by atoms with Crippen molar-refractivity contribution in [3.8, 4) is 5.82 Å². The maximum atomic E-state index is 4.86. The molecular formula is C21H32N6. The first-order chi connectivity index (χ1) is 13.1. The second kappa shape index (κ2) is 9.02. The van der Waals surface area contributed by atoms with Crippen LogP contribution >= 0.6 is 0 Å². The van der Waals surface area contributed by atoms with Crippen LogP contribution in [-0.2, 0) is 6.54 Å². The van der Waals surface area contributed by atoms with Gasteiger partial charge in [-0.25, -0.2) is 15.0 Å². The van der Waals surface area contributed by atoms with Crippen LogP contribution in [-0.4, -0.2) is 45.0 Å². The summed E-state index contributed by atoms with van der Waals surface area (Å²) in [5.41, 5.74) is 1.12. The van der Waals surface area contributed by atoms with Gasteiger partial charge in [0.15, 0.2) is 5.96 Å². The van der Waals surface area contributed by atoms with E-state index in [1.165, 1.54) is 12.8 Å². The highest BCUT2D eigenvalue weighted by Crippen LogP contribution is 2.23. The number of likely N-dealkylation sites (tertiary alicyclic amines) is 1. The third-order valence-corrected chi connectivity index (χ3v) is 5.02. The van der Waals surface area contributed by atoms with Crippen molar-refractivity contribution in [3.05, 3.63) is 42.1 Å². The summed E-state index contributed by atoms with van der Waals surface area (Å²) in [5, 5.41) is 3.45. The zero-order valence-corrected chi connectivity index (χ0v) is 17.0. The number of guanidine groups is 1. The lowest BCUT2D eigenvalue weighted by atomic mass is 9.97. The van der Waals surface area contributed by atoms with Gasteiger partial charge in [-0.05, 0) is 50.2 Å². The zero-order valence-electron chi connectivity index (χ0n) is 17.0. The SMILES string of the molecule is CCNC(=NCc1ccc(-n2ccnc2C)nc1)N1CCC(CC(C)C)C1. The second-order valence-electron chi connectivity index (χ2n) is 7.77. The van der Waals surface area contributed by atoms with E-state index in [1.54, 1.807) is 6.20 Å². The number of nitrogens with zero attached hydrogens (tertiary/aromatic N) is 5. The normalized spacial score (nSPS) is 17.7. The highest BCUT2D eigenvalue weighted by Gasteiger charge is 2.25. The molecule has 0 amide bonds. The van der Waals surface area contributed by atoms with E-state index in [0.717, 1.165) is 54.6 Å². The summed E-state index contributed by atoms with van der Waals surface area (Å²) in [6.45, 7) is 12.5. The van der Waals surface area contributed by atoms with Gasteiger partial charge in [0.1, 0.15) is 11.6 Å². The molecule has 1 fully saturated rings. The summed E-state index contributed by atoms with van der Waals surface area (Å²) in [6.07, 6.45) is 8.20. The van der Waals surface area contributed by atoms with Crippen LogP contribution in [0.3, 0.4) is 0 Å². The average Bonchev–Trinajstić information content (AvgIpc) is 3.27. The Morgan fingerprint density at radius 2 is 2.19 bits per heavy atom. The number of aryl methyl sites for hydroxylation is 1. The van der Waals surface area contributed by atoms with E-state index >= 15 is 0 Å². The number of hydrogen-bond acceptors (Lipinski definition) is 3. The fourth-order valence-corrected chi connectivity index (χ4v) is 3.75. The molecule has 1 saturated heterocycles. The van der Waals surface area contributed by atoms with Gasteiger partial charge in [0.2, 0.25) is 0 Å². The minimum atomic E-state index is 0.643. The molecule has 1 aliphatic rings. The van der Waals surface area contributed by atoms with Crippen LogP contribution < -0.4 is 5.32 Å². The van der Waals surface area contributed by atoms with Crippen molar-refractivity contribution in [2.45, 2.75) is 47.1 Å². The molecule has 0 bridgehead atoms. The Bertz CT molecular complexity index is 746. The van der Waals surface area contributed by atoms with Gasteiger partial charge in [-0.1, -0.05) is 19.9 Å². The molecule has 2 aromatic heterocycles. The standard InChI is InChI=1S/C21H32N6/c1-5-22-21(26-10-8-18(15-26)12-16(2)3)25-14-19-6-7-20(24-13-19)27-11-9-23-17(27)4/h6-7,9,11,13,16,18H,5,8,10,12,14-15H2,1-4H3,(H,22,25). The molecular weight excluding hydrogens is 336 g/mol. The Hall–Kier alpha value is -2.37. The quantitative estimate of drug-likeness (QED) is 0.627. The molecule has 27 heavy (non-hydrogen) atoms. The summed E-state index contributed by atoms with van der Waals surface area (Å²) in [7, 11) is 0. The largest absolute Gasteiger partial charge is 0.357 e. The molecule has 0 aliphatic carbocycles. The highest BCUT2D eigenvalue weighted by molar-refractivity contribution is 5.80. The van der Waals surface area contributed by atoms with Crippen molar-refractivity contribution in [1.82, 2.24) is 24.8 Å². The molecule has 1 aliphatic heterocycles. The van der Waals surface area contributed by atoms with Crippen molar-refractivity contribution in [3.63, 3.8) is 0 Å². The molecule has 3 rings (SSSR count). The van der Waals surface area contributed by atoms with Crippen molar-refractivity contribution in [1.29, 1.82) is 0 Å². The lowest BCUT2D eigenvalue weighted by Crippen LogP contribution is -2.40. The fourth-order valence-electron chi connectivity index (χ4n) is 3.75. The van der Waals surface area contributed by atoms with E-state index in [2.05, 4.69) is 47.0 Å². The van der Waals surface area contributed by atoms with E-state index < -0.39 is 0 Å². The van der Waals surface area contributed by atoms with Crippen molar-refractivity contribution < 1.29 is 0 Å². The molecule has 1 N–H and O–H groups in total. The van der Waals surface area contributed by atoms with Crippen LogP contribution in [0.1, 0.15) is 45.0 Å². The van der Waals surface area contributed by atoms with Gasteiger partial charge < -0.3 is 10.2 Å². The van der Waals surface area contributed by atoms with E-state index in [0.29, 0.717) is 6.54 Å². The van der Waals surface area contributed by atoms with Crippen LogP contribution in [0.4, 0.5) is 0 Å². The molecule has 2 aromatic rings. The lowest BCUT2D eigenvalue weighted by molar-refractivity contribution is 0.403. The zero-order chi connectivity index (χ0) is 19.2. The molecule has 0 spiro atoms. The van der Waals surface area contributed by atoms with E-state index in [4.69, 9.17) is 4.99 Å². The van der Waals surface area contributed by atoms with Crippen molar-refractivity contribution in [2.24, 2.45) is 16.8 Å². The Morgan fingerprint density at radius 1 is 1.33 bits per heavy atom. The topological polar surface area (TPSA) is 58.3 Å². The predicted octanol–water partition coefficient (Wildman–Crippen LogP) is 3.41. The molecule has 146 valence electrons. The predicted molar refractivity (Wildman–Crippen MR) is 110 cm³/mol. The molecule has 1 atom stereocenters. The van der Waals surface area contributed by atoms with Crippen LogP contribution in [0.25, 0.3) is 5.82 Å². The number of aromatic nitrogens is 3. The Kier molecular flexibility index (Phi) is 6.48. The van der Waals surface area contributed by atoms with Gasteiger partial charge in [-0.2, -0.15) is 0 Å². The first kappa shape index (κ1) is 19.4. The smallest absolute Gasteiger partial charge is 0.194 e. The average molecular weight is 369 g/mol. The summed E-state index contributed by atoms with van der Waals surface area (Å²) in [4.78, 5) is 16.1. The van der Waals surface area contributed by atoms with Crippen LogP contribution in [0.15, 0.2) is 35.7 Å². The number of aliphatic imine (C=N–C) groups is 1. The Balaban J connectivity index is 1.64. The lowest BCUT2D eigenvalue weighted by Gasteiger charge is -2.22. The molecule has 6 heteroatoms. The maximum absolute atomic E-state index is 4.86. The number of pyridine rings is 1. The first-order valence-corrected chi connectivity index (χ1v) is 10.0. The van der Waals surface area contributed by atoms with Gasteiger partial charge in [0.25, 0.3) is 0 Å². The highest BCUT2D eigenvalue weighted by atomic mass is 15.3. The third-order valence-electron chi connectivity index (χ3n) is 5.02. The third kappa shape index (κ3) is 5.08. The summed E-state index contributed by atoms with van der Waals surface area (Å²) < 4.78 is 1.98. The minimum Gasteiger partial charge on any atom is -0.357 e. The second-order valence-corrected chi connectivity index (χ2v) is 7.77. The monoisotopic (exact) mass is 368 g/mol. The Morgan fingerprint density at radius 3 is 2.81 bits per heavy atom. The van der Waals surface area contributed by atoms with Crippen LogP contribution in [0, 0.1) is 18.8 Å². The molecule has 0 aromatic carbocycles. The van der Waals surface area contributed by atoms with Gasteiger partial charge in [-0.3, -0.25) is 4.57 Å². The van der Waals surface area contributed by atoms with Gasteiger partial charge in [0, 0.05) is 38.2 Å². The number of nitrogens with one attached hydrogen (secondary N) is 1. The van der Waals surface area contributed by atoms with Gasteiger partial charge in [0.05, 0.1) is 6.54 Å². The van der Waals surface area contributed by atoms with Crippen LogP contribution in [0.5, 0.6) is 0 Å². The molecule has 0 saturated carbocycles. The van der Waals surface area contributed by atoms with Crippen molar-refractivity contribution in [2.75, 3.05) is 19.6 Å². The first-order valence-electron chi connectivity index (χ1n) is 10.0. The van der Waals surface area contributed by atoms with E-state index in [-0.39, 0.29) is 0 Å². The summed E-state index contributed by atoms with van der Waals surface area (Å²) in [6, 6.07) is 4.13. The number of imidazole rings is 1. The molecule has 3 heterocycles. The van der Waals surface area contributed by atoms with Crippen LogP contribution in [0.2, 0.25) is 0 Å². The van der Waals surface area contributed by atoms with E-state index in [1.807, 2.05) is 30.0 Å². The number of rotatable bonds is 6. The minimum absolute atomic E-state index is 0.643. The summed E-state index contributed by atoms with van der Waals surface area (Å²) in [5.74, 6) is 4.40. The molecule has 0 radical (unpaired) electrons. The maximum Gasteiger partial charge on any atom is 0.194 e. The Labute approximate surface area is 162 Å². The van der Waals surface area contributed by atoms with E-state index in [9.17, 15) is 0 Å².